The van der Waals surface area contributed by atoms with E-state index in [-0.39, 0.29) is 28.9 Å². The number of carbonyl (C=O) groups excluding carboxylic acids is 1. The molecule has 2 rings (SSSR count). The molecule has 0 atom stereocenters. The summed E-state index contributed by atoms with van der Waals surface area (Å²) in [7, 11) is 0. The van der Waals surface area contributed by atoms with Crippen molar-refractivity contribution in [3.8, 4) is 5.75 Å². The van der Waals surface area contributed by atoms with Crippen molar-refractivity contribution in [3.05, 3.63) is 63.7 Å². The zero-order valence-electron chi connectivity index (χ0n) is 11.7. The highest BCUT2D eigenvalue weighted by Gasteiger charge is 2.16. The van der Waals surface area contributed by atoms with Crippen LogP contribution in [0.25, 0.3) is 0 Å². The van der Waals surface area contributed by atoms with E-state index in [9.17, 15) is 24.8 Å². The molecule has 0 aliphatic heterocycles. The first-order chi connectivity index (χ1) is 10.9. The first kappa shape index (κ1) is 16.0. The van der Waals surface area contributed by atoms with Gasteiger partial charge in [0, 0.05) is 17.3 Å². The van der Waals surface area contributed by atoms with E-state index in [1.165, 1.54) is 18.2 Å². The molecule has 0 spiro atoms. The molecular formula is C15H11N2O6-. The summed E-state index contributed by atoms with van der Waals surface area (Å²) in [6, 6.07) is 8.94. The van der Waals surface area contributed by atoms with Crippen molar-refractivity contribution >= 4 is 23.3 Å². The Morgan fingerprint density at radius 2 is 1.87 bits per heavy atom. The van der Waals surface area contributed by atoms with Crippen LogP contribution in [0.1, 0.15) is 15.9 Å². The third-order valence-electron chi connectivity index (χ3n) is 3.04. The van der Waals surface area contributed by atoms with Crippen LogP contribution in [0.4, 0.5) is 11.4 Å². The highest BCUT2D eigenvalue weighted by Crippen LogP contribution is 2.23. The predicted molar refractivity (Wildman–Crippen MR) is 78.3 cm³/mol. The van der Waals surface area contributed by atoms with Gasteiger partial charge in [0.2, 0.25) is 5.91 Å². The van der Waals surface area contributed by atoms with Crippen molar-refractivity contribution in [2.75, 3.05) is 5.32 Å². The zero-order chi connectivity index (χ0) is 17.0. The van der Waals surface area contributed by atoms with Gasteiger partial charge in [-0.25, -0.2) is 4.79 Å². The molecule has 118 valence electrons. The Labute approximate surface area is 130 Å². The lowest BCUT2D eigenvalue weighted by Crippen LogP contribution is -2.17. The molecule has 2 aromatic rings. The number of carbonyl (C=O) groups is 2. The Morgan fingerprint density at radius 3 is 2.52 bits per heavy atom. The Kier molecular flexibility index (Phi) is 4.55. The van der Waals surface area contributed by atoms with Crippen LogP contribution in [0.15, 0.2) is 42.5 Å². The fourth-order valence-electron chi connectivity index (χ4n) is 1.97. The maximum absolute atomic E-state index is 12.0. The van der Waals surface area contributed by atoms with E-state index in [0.29, 0.717) is 0 Å². The first-order valence-electron chi connectivity index (χ1n) is 6.45. The molecule has 2 aromatic carbocycles. The summed E-state index contributed by atoms with van der Waals surface area (Å²) < 4.78 is 0. The second-order valence-corrected chi connectivity index (χ2v) is 4.63. The lowest BCUT2D eigenvalue weighted by atomic mass is 10.1. The van der Waals surface area contributed by atoms with Gasteiger partial charge in [0.1, 0.15) is 0 Å². The standard InChI is InChI=1S/C15H12N2O6/c18-13-6-5-10(15(20)21)7-11(13)16-14(19)8-9-3-1-2-4-12(9)17(22)23/h1-7,18H,8H2,(H,16,19)(H,20,21)/p-1. The predicted octanol–water partition coefficient (Wildman–Crippen LogP) is 1.55. The fraction of sp³-hybridized carbons (Fsp3) is 0.0667. The maximum atomic E-state index is 12.0. The zero-order valence-corrected chi connectivity index (χ0v) is 11.7. The quantitative estimate of drug-likeness (QED) is 0.635. The molecule has 0 fully saturated rings. The number of hydrogen-bond acceptors (Lipinski definition) is 5. The molecule has 0 aromatic heterocycles. The van der Waals surface area contributed by atoms with E-state index < -0.39 is 22.5 Å². The number of carboxylic acid groups (broad SMARTS) is 1. The molecule has 0 saturated heterocycles. The number of benzene rings is 2. The van der Waals surface area contributed by atoms with E-state index >= 15 is 0 Å². The lowest BCUT2D eigenvalue weighted by Gasteiger charge is -2.15. The second-order valence-electron chi connectivity index (χ2n) is 4.63. The molecule has 0 aliphatic carbocycles. The molecule has 0 aliphatic rings. The van der Waals surface area contributed by atoms with Crippen LogP contribution in [-0.2, 0) is 11.2 Å². The van der Waals surface area contributed by atoms with Crippen LogP contribution < -0.4 is 10.4 Å². The van der Waals surface area contributed by atoms with Crippen LogP contribution in [0, 0.1) is 10.1 Å². The van der Waals surface area contributed by atoms with Gasteiger partial charge in [-0.3, -0.25) is 14.9 Å². The van der Waals surface area contributed by atoms with E-state index in [1.54, 1.807) is 6.07 Å². The van der Waals surface area contributed by atoms with Crippen LogP contribution >= 0.6 is 0 Å². The number of nitrogens with zero attached hydrogens (tertiary/aromatic N) is 1. The number of carboxylic acids is 1. The number of nitro benzene ring substituents is 1. The number of amides is 1. The number of rotatable bonds is 5. The summed E-state index contributed by atoms with van der Waals surface area (Å²) >= 11 is 0. The van der Waals surface area contributed by atoms with Crippen LogP contribution in [0.3, 0.4) is 0 Å². The monoisotopic (exact) mass is 315 g/mol. The smallest absolute Gasteiger partial charge is 0.335 e. The maximum Gasteiger partial charge on any atom is 0.335 e. The van der Waals surface area contributed by atoms with Gasteiger partial charge in [0.25, 0.3) is 5.69 Å². The fourth-order valence-corrected chi connectivity index (χ4v) is 1.97. The largest absolute Gasteiger partial charge is 0.871 e. The van der Waals surface area contributed by atoms with Crippen molar-refractivity contribution in [3.63, 3.8) is 0 Å². The van der Waals surface area contributed by atoms with E-state index in [2.05, 4.69) is 5.32 Å². The normalized spacial score (nSPS) is 10.1. The van der Waals surface area contributed by atoms with E-state index in [1.807, 2.05) is 0 Å². The number of aromatic carboxylic acids is 1. The molecule has 8 nitrogen and oxygen atoms in total. The summed E-state index contributed by atoms with van der Waals surface area (Å²) in [5.74, 6) is -2.44. The number of para-hydroxylation sites is 1. The SMILES string of the molecule is O=C(Cc1ccccc1[N+](=O)[O-])Nc1cc(C(=O)O)ccc1[O-]. The minimum absolute atomic E-state index is 0.148. The van der Waals surface area contributed by atoms with E-state index in [4.69, 9.17) is 5.11 Å². The van der Waals surface area contributed by atoms with Crippen LogP contribution in [0.2, 0.25) is 0 Å². The van der Waals surface area contributed by atoms with Gasteiger partial charge in [0.15, 0.2) is 0 Å². The molecule has 0 saturated carbocycles. The Hall–Kier alpha value is -3.42. The molecule has 2 N–H and O–H groups in total. The Bertz CT molecular complexity index is 787. The number of anilines is 1. The lowest BCUT2D eigenvalue weighted by molar-refractivity contribution is -0.385. The van der Waals surface area contributed by atoms with Crippen molar-refractivity contribution in [2.24, 2.45) is 0 Å². The van der Waals surface area contributed by atoms with Crippen LogP contribution in [0.5, 0.6) is 5.75 Å². The Balaban J connectivity index is 2.19. The number of nitrogens with one attached hydrogen (secondary N) is 1. The second kappa shape index (κ2) is 6.56. The molecule has 1 amide bonds. The van der Waals surface area contributed by atoms with Crippen molar-refractivity contribution in [1.29, 1.82) is 0 Å². The number of hydrogen-bond donors (Lipinski definition) is 2. The molecule has 0 bridgehead atoms. The van der Waals surface area contributed by atoms with Gasteiger partial charge >= 0.3 is 5.97 Å². The first-order valence-corrected chi connectivity index (χ1v) is 6.45. The van der Waals surface area contributed by atoms with Gasteiger partial charge in [0.05, 0.1) is 16.9 Å². The number of nitro groups is 1. The van der Waals surface area contributed by atoms with Crippen molar-refractivity contribution < 1.29 is 24.7 Å². The summed E-state index contributed by atoms with van der Waals surface area (Å²) in [5.41, 5.74) is -0.347. The third kappa shape index (κ3) is 3.82. The Morgan fingerprint density at radius 1 is 1.17 bits per heavy atom. The van der Waals surface area contributed by atoms with Gasteiger partial charge in [-0.05, 0) is 12.1 Å². The minimum atomic E-state index is -1.24. The highest BCUT2D eigenvalue weighted by atomic mass is 16.6. The van der Waals surface area contributed by atoms with Gasteiger partial charge in [-0.15, -0.1) is 0 Å². The van der Waals surface area contributed by atoms with E-state index in [0.717, 1.165) is 18.2 Å². The summed E-state index contributed by atoms with van der Waals surface area (Å²) in [6.45, 7) is 0. The van der Waals surface area contributed by atoms with Crippen molar-refractivity contribution in [2.45, 2.75) is 6.42 Å². The van der Waals surface area contributed by atoms with Crippen molar-refractivity contribution in [1.82, 2.24) is 0 Å². The molecule has 0 heterocycles. The highest BCUT2D eigenvalue weighted by molar-refractivity contribution is 5.96. The molecule has 0 unspecified atom stereocenters. The van der Waals surface area contributed by atoms with Gasteiger partial charge in [-0.2, -0.15) is 0 Å². The summed E-state index contributed by atoms with van der Waals surface area (Å²) in [4.78, 5) is 33.1. The summed E-state index contributed by atoms with van der Waals surface area (Å²) in [6.07, 6.45) is -0.312. The summed E-state index contributed by atoms with van der Waals surface area (Å²) in [5, 5.41) is 33.7. The topological polar surface area (TPSA) is 133 Å². The third-order valence-corrected chi connectivity index (χ3v) is 3.04. The van der Waals surface area contributed by atoms with Gasteiger partial charge in [-0.1, -0.05) is 30.0 Å². The molecular weight excluding hydrogens is 304 g/mol. The van der Waals surface area contributed by atoms with Gasteiger partial charge < -0.3 is 15.5 Å². The molecule has 23 heavy (non-hydrogen) atoms. The molecule has 0 radical (unpaired) electrons. The average Bonchev–Trinajstić information content (AvgIpc) is 2.49. The van der Waals surface area contributed by atoms with Crippen LogP contribution in [-0.4, -0.2) is 21.9 Å². The molecule has 8 heteroatoms. The average molecular weight is 315 g/mol. The minimum Gasteiger partial charge on any atom is -0.871 e.